The van der Waals surface area contributed by atoms with Crippen molar-refractivity contribution in [2.45, 2.75) is 25.4 Å². The molecule has 2 rings (SSSR count). The molecule has 1 aliphatic carbocycles. The lowest BCUT2D eigenvalue weighted by Gasteiger charge is -2.14. The Bertz CT molecular complexity index is 410. The van der Waals surface area contributed by atoms with Gasteiger partial charge in [-0.3, -0.25) is 0 Å². The number of benzene rings is 1. The van der Waals surface area contributed by atoms with Gasteiger partial charge in [-0.2, -0.15) is 0 Å². The molecule has 1 aromatic rings. The second kappa shape index (κ2) is 7.34. The van der Waals surface area contributed by atoms with Gasteiger partial charge in [-0.25, -0.2) is 0 Å². The number of hydrogen-bond donors (Lipinski definition) is 2. The molecule has 1 atom stereocenters. The molecular weight excluding hydrogens is 285 g/mol. The summed E-state index contributed by atoms with van der Waals surface area (Å²) in [5.74, 6) is 1.41. The highest BCUT2D eigenvalue weighted by Gasteiger charge is 2.20. The second-order valence-corrected chi connectivity index (χ2v) is 5.82. The molecule has 19 heavy (non-hydrogen) atoms. The minimum absolute atomic E-state index is 0.205. The fourth-order valence-electron chi connectivity index (χ4n) is 1.81. The van der Waals surface area contributed by atoms with Gasteiger partial charge in [0.2, 0.25) is 0 Å². The molecule has 1 fully saturated rings. The van der Waals surface area contributed by atoms with E-state index < -0.39 is 6.10 Å². The fraction of sp³-hybridized carbons (Fsp3) is 0.571. The normalized spacial score (nSPS) is 16.4. The third-order valence-corrected chi connectivity index (χ3v) is 3.68. The van der Waals surface area contributed by atoms with Crippen LogP contribution in [0.1, 0.15) is 19.3 Å². The summed E-state index contributed by atoms with van der Waals surface area (Å²) in [6, 6.07) is 5.03. The van der Waals surface area contributed by atoms with Crippen molar-refractivity contribution in [1.29, 1.82) is 0 Å². The number of hydrogen-bond acceptors (Lipinski definition) is 3. The monoisotopic (exact) mass is 303 g/mol. The molecule has 0 aliphatic heterocycles. The highest BCUT2D eigenvalue weighted by molar-refractivity contribution is 6.34. The van der Waals surface area contributed by atoms with Crippen molar-refractivity contribution in [3.8, 4) is 5.75 Å². The minimum atomic E-state index is -0.547. The zero-order valence-corrected chi connectivity index (χ0v) is 12.3. The Balaban J connectivity index is 1.64. The summed E-state index contributed by atoms with van der Waals surface area (Å²) in [6.45, 7) is 1.70. The van der Waals surface area contributed by atoms with Crippen LogP contribution < -0.4 is 10.1 Å². The van der Waals surface area contributed by atoms with E-state index in [0.717, 1.165) is 12.5 Å². The Hall–Kier alpha value is -0.480. The molecule has 0 aromatic heterocycles. The van der Waals surface area contributed by atoms with Crippen LogP contribution in [-0.2, 0) is 0 Å². The molecule has 0 bridgehead atoms. The summed E-state index contributed by atoms with van der Waals surface area (Å²) in [5, 5.41) is 14.1. The Labute approximate surface area is 123 Å². The highest BCUT2D eigenvalue weighted by Crippen LogP contribution is 2.31. The van der Waals surface area contributed by atoms with E-state index in [-0.39, 0.29) is 6.61 Å². The van der Waals surface area contributed by atoms with Crippen molar-refractivity contribution >= 4 is 23.2 Å². The third-order valence-electron chi connectivity index (χ3n) is 3.13. The molecule has 0 heterocycles. The smallest absolute Gasteiger partial charge is 0.139 e. The second-order valence-electron chi connectivity index (χ2n) is 4.98. The maximum atomic E-state index is 9.79. The van der Waals surface area contributed by atoms with Gasteiger partial charge < -0.3 is 15.2 Å². The van der Waals surface area contributed by atoms with Gasteiger partial charge >= 0.3 is 0 Å². The van der Waals surface area contributed by atoms with Crippen LogP contribution in [0.2, 0.25) is 10.0 Å². The molecule has 2 N–H and O–H groups in total. The molecule has 3 nitrogen and oxygen atoms in total. The number of ether oxygens (including phenoxy) is 1. The highest BCUT2D eigenvalue weighted by atomic mass is 35.5. The van der Waals surface area contributed by atoms with Crippen LogP contribution in [0.25, 0.3) is 0 Å². The Morgan fingerprint density at radius 3 is 2.89 bits per heavy atom. The first-order valence-electron chi connectivity index (χ1n) is 6.62. The lowest BCUT2D eigenvalue weighted by atomic mass is 10.3. The van der Waals surface area contributed by atoms with Gasteiger partial charge in [-0.15, -0.1) is 0 Å². The van der Waals surface area contributed by atoms with Gasteiger partial charge in [0.25, 0.3) is 0 Å². The largest absolute Gasteiger partial charge is 0.489 e. The summed E-state index contributed by atoms with van der Waals surface area (Å²) >= 11 is 11.8. The van der Waals surface area contributed by atoms with Crippen LogP contribution in [0, 0.1) is 5.92 Å². The molecule has 5 heteroatoms. The van der Waals surface area contributed by atoms with Gasteiger partial charge in [0.15, 0.2) is 0 Å². The fourth-order valence-corrected chi connectivity index (χ4v) is 2.15. The average molecular weight is 304 g/mol. The number of rotatable bonds is 8. The van der Waals surface area contributed by atoms with Crippen molar-refractivity contribution in [1.82, 2.24) is 5.32 Å². The van der Waals surface area contributed by atoms with Crippen LogP contribution in [0.5, 0.6) is 5.75 Å². The van der Waals surface area contributed by atoms with Gasteiger partial charge in [0, 0.05) is 17.6 Å². The van der Waals surface area contributed by atoms with Crippen LogP contribution in [-0.4, -0.2) is 30.9 Å². The quantitative estimate of drug-likeness (QED) is 0.725. The molecule has 1 unspecified atom stereocenters. The Kier molecular flexibility index (Phi) is 5.76. The summed E-state index contributed by atoms with van der Waals surface area (Å²) in [4.78, 5) is 0. The molecule has 106 valence electrons. The predicted molar refractivity (Wildman–Crippen MR) is 78.2 cm³/mol. The van der Waals surface area contributed by atoms with E-state index in [1.807, 2.05) is 0 Å². The Morgan fingerprint density at radius 2 is 2.16 bits per heavy atom. The van der Waals surface area contributed by atoms with Crippen molar-refractivity contribution < 1.29 is 9.84 Å². The zero-order chi connectivity index (χ0) is 13.7. The third kappa shape index (κ3) is 5.57. The molecule has 0 spiro atoms. The van der Waals surface area contributed by atoms with Crippen molar-refractivity contribution in [2.24, 2.45) is 5.92 Å². The number of aliphatic hydroxyl groups is 1. The standard InChI is InChI=1S/C14H19Cl2NO2/c15-11-3-4-13(16)14(7-11)19-9-12(18)8-17-6-5-10-1-2-10/h3-4,7,10,12,17-18H,1-2,5-6,8-9H2. The number of aliphatic hydroxyl groups excluding tert-OH is 1. The van der Waals surface area contributed by atoms with Gasteiger partial charge in [-0.05, 0) is 31.0 Å². The van der Waals surface area contributed by atoms with Crippen molar-refractivity contribution in [3.05, 3.63) is 28.2 Å². The van der Waals surface area contributed by atoms with E-state index in [9.17, 15) is 5.11 Å². The summed E-state index contributed by atoms with van der Waals surface area (Å²) in [5.41, 5.74) is 0. The maximum absolute atomic E-state index is 9.79. The van der Waals surface area contributed by atoms with E-state index in [1.54, 1.807) is 18.2 Å². The molecule has 1 aliphatic rings. The average Bonchev–Trinajstić information content (AvgIpc) is 3.20. The molecule has 0 saturated heterocycles. The Morgan fingerprint density at radius 1 is 1.37 bits per heavy atom. The van der Waals surface area contributed by atoms with Crippen LogP contribution >= 0.6 is 23.2 Å². The maximum Gasteiger partial charge on any atom is 0.139 e. The molecule has 1 saturated carbocycles. The van der Waals surface area contributed by atoms with Crippen LogP contribution in [0.3, 0.4) is 0 Å². The zero-order valence-electron chi connectivity index (χ0n) is 10.7. The van der Waals surface area contributed by atoms with E-state index >= 15 is 0 Å². The van der Waals surface area contributed by atoms with E-state index in [2.05, 4.69) is 5.32 Å². The van der Waals surface area contributed by atoms with Crippen molar-refractivity contribution in [2.75, 3.05) is 19.7 Å². The number of nitrogens with one attached hydrogen (secondary N) is 1. The SMILES string of the molecule is OC(CNCCC1CC1)COc1cc(Cl)ccc1Cl. The molecule has 1 aromatic carbocycles. The van der Waals surface area contributed by atoms with E-state index in [1.165, 1.54) is 19.3 Å². The predicted octanol–water partition coefficient (Wildman–Crippen LogP) is 3.12. The van der Waals surface area contributed by atoms with Crippen LogP contribution in [0.15, 0.2) is 18.2 Å². The summed E-state index contributed by atoms with van der Waals surface area (Å²) in [6.07, 6.45) is 3.38. The first kappa shape index (κ1) is 14.9. The molecular formula is C14H19Cl2NO2. The first-order chi connectivity index (χ1) is 9.15. The van der Waals surface area contributed by atoms with Gasteiger partial charge in [0.1, 0.15) is 18.5 Å². The topological polar surface area (TPSA) is 41.5 Å². The lowest BCUT2D eigenvalue weighted by molar-refractivity contribution is 0.106. The first-order valence-corrected chi connectivity index (χ1v) is 7.37. The van der Waals surface area contributed by atoms with Crippen LogP contribution in [0.4, 0.5) is 0 Å². The summed E-state index contributed by atoms with van der Waals surface area (Å²) < 4.78 is 5.46. The lowest BCUT2D eigenvalue weighted by Crippen LogP contribution is -2.32. The molecule has 0 radical (unpaired) electrons. The van der Waals surface area contributed by atoms with E-state index in [4.69, 9.17) is 27.9 Å². The molecule has 0 amide bonds. The summed E-state index contributed by atoms with van der Waals surface area (Å²) in [7, 11) is 0. The van der Waals surface area contributed by atoms with E-state index in [0.29, 0.717) is 22.3 Å². The van der Waals surface area contributed by atoms with Gasteiger partial charge in [-0.1, -0.05) is 36.0 Å². The number of halogens is 2. The van der Waals surface area contributed by atoms with Crippen molar-refractivity contribution in [3.63, 3.8) is 0 Å². The van der Waals surface area contributed by atoms with Gasteiger partial charge in [0.05, 0.1) is 5.02 Å². The minimum Gasteiger partial charge on any atom is -0.489 e.